The van der Waals surface area contributed by atoms with Gasteiger partial charge in [-0.3, -0.25) is 9.59 Å². The van der Waals surface area contributed by atoms with E-state index in [1.807, 2.05) is 11.4 Å². The van der Waals surface area contributed by atoms with E-state index in [0.29, 0.717) is 24.4 Å². The second-order valence-corrected chi connectivity index (χ2v) is 5.45. The molecule has 0 aromatic carbocycles. The third kappa shape index (κ3) is 4.49. The molecule has 1 aromatic heterocycles. The lowest BCUT2D eigenvalue weighted by Crippen LogP contribution is -2.43. The summed E-state index contributed by atoms with van der Waals surface area (Å²) < 4.78 is 0. The molecular weight excluding hydrogens is 286 g/mol. The highest BCUT2D eigenvalue weighted by Crippen LogP contribution is 2.31. The van der Waals surface area contributed by atoms with E-state index in [2.05, 4.69) is 10.6 Å². The second-order valence-electron chi connectivity index (χ2n) is 4.50. The Hall–Kier alpha value is -1.11. The molecule has 0 saturated heterocycles. The molecule has 0 atom stereocenters. The smallest absolute Gasteiger partial charge is 0.261 e. The normalized spacial score (nSPS) is 15.2. The Morgan fingerprint density at radius 1 is 1.32 bits per heavy atom. The molecule has 106 valence electrons. The molecule has 0 bridgehead atoms. The molecule has 1 aliphatic carbocycles. The first-order valence-corrected chi connectivity index (χ1v) is 6.89. The predicted molar refractivity (Wildman–Crippen MR) is 77.7 cm³/mol. The summed E-state index contributed by atoms with van der Waals surface area (Å²) in [5.74, 6) is -0.138. The third-order valence-electron chi connectivity index (χ3n) is 2.91. The Kier molecular flexibility index (Phi) is 5.78. The Balaban J connectivity index is 0.00000180. The molecule has 4 N–H and O–H groups in total. The van der Waals surface area contributed by atoms with Crippen molar-refractivity contribution in [3.63, 3.8) is 0 Å². The molecule has 2 rings (SSSR count). The molecule has 19 heavy (non-hydrogen) atoms. The lowest BCUT2D eigenvalue weighted by molar-refractivity contribution is -0.123. The van der Waals surface area contributed by atoms with Crippen LogP contribution in [0, 0.1) is 0 Å². The number of nitrogens with two attached hydrogens (primary N) is 1. The van der Waals surface area contributed by atoms with Gasteiger partial charge in [0, 0.05) is 13.1 Å². The van der Waals surface area contributed by atoms with E-state index in [1.54, 1.807) is 6.07 Å². The molecule has 1 heterocycles. The molecule has 2 amide bonds. The van der Waals surface area contributed by atoms with E-state index >= 15 is 0 Å². The van der Waals surface area contributed by atoms with Gasteiger partial charge in [0.25, 0.3) is 5.91 Å². The predicted octanol–water partition coefficient (Wildman–Crippen LogP) is 0.897. The van der Waals surface area contributed by atoms with Gasteiger partial charge in [0.1, 0.15) is 0 Å². The SMILES string of the molecule is Cl.NC1(C(=O)NCCCNC(=O)c2cccs2)CC1. The lowest BCUT2D eigenvalue weighted by Gasteiger charge is -2.10. The molecule has 0 aliphatic heterocycles. The van der Waals surface area contributed by atoms with Crippen LogP contribution in [-0.4, -0.2) is 30.4 Å². The van der Waals surface area contributed by atoms with Crippen LogP contribution in [0.25, 0.3) is 0 Å². The fraction of sp³-hybridized carbons (Fsp3) is 0.500. The van der Waals surface area contributed by atoms with Crippen molar-refractivity contribution in [2.75, 3.05) is 13.1 Å². The summed E-state index contributed by atoms with van der Waals surface area (Å²) in [7, 11) is 0. The topological polar surface area (TPSA) is 84.2 Å². The molecule has 0 unspecified atom stereocenters. The van der Waals surface area contributed by atoms with Crippen molar-refractivity contribution in [3.05, 3.63) is 22.4 Å². The van der Waals surface area contributed by atoms with Crippen LogP contribution in [0.15, 0.2) is 17.5 Å². The minimum Gasteiger partial charge on any atom is -0.354 e. The van der Waals surface area contributed by atoms with E-state index in [-0.39, 0.29) is 24.2 Å². The Bertz CT molecular complexity index is 432. The number of thiophene rings is 1. The van der Waals surface area contributed by atoms with Gasteiger partial charge in [-0.15, -0.1) is 23.7 Å². The average Bonchev–Trinajstić information content (AvgIpc) is 2.91. The molecule has 5 nitrogen and oxygen atoms in total. The van der Waals surface area contributed by atoms with Crippen LogP contribution in [0.1, 0.15) is 28.9 Å². The lowest BCUT2D eigenvalue weighted by atomic mass is 10.2. The van der Waals surface area contributed by atoms with Gasteiger partial charge in [0.05, 0.1) is 10.4 Å². The van der Waals surface area contributed by atoms with Crippen molar-refractivity contribution in [1.82, 2.24) is 10.6 Å². The molecule has 1 aromatic rings. The molecule has 1 fully saturated rings. The molecule has 1 aliphatic rings. The number of rotatable bonds is 6. The number of nitrogens with one attached hydrogen (secondary N) is 2. The zero-order valence-corrected chi connectivity index (χ0v) is 12.1. The highest BCUT2D eigenvalue weighted by atomic mass is 35.5. The quantitative estimate of drug-likeness (QED) is 0.683. The Morgan fingerprint density at radius 2 is 2.00 bits per heavy atom. The number of halogens is 1. The molecule has 0 radical (unpaired) electrons. The maximum Gasteiger partial charge on any atom is 0.261 e. The summed E-state index contributed by atoms with van der Waals surface area (Å²) in [5.41, 5.74) is 5.13. The summed E-state index contributed by atoms with van der Waals surface area (Å²) in [6.07, 6.45) is 2.25. The van der Waals surface area contributed by atoms with Crippen molar-refractivity contribution >= 4 is 35.6 Å². The Labute approximate surface area is 122 Å². The molecule has 0 spiro atoms. The molecule has 7 heteroatoms. The van der Waals surface area contributed by atoms with Crippen LogP contribution in [0.3, 0.4) is 0 Å². The number of carbonyl (C=O) groups excluding carboxylic acids is 2. The van der Waals surface area contributed by atoms with Crippen LogP contribution in [0.4, 0.5) is 0 Å². The highest BCUT2D eigenvalue weighted by Gasteiger charge is 2.45. The van der Waals surface area contributed by atoms with Crippen molar-refractivity contribution in [2.45, 2.75) is 24.8 Å². The minimum atomic E-state index is -0.611. The summed E-state index contributed by atoms with van der Waals surface area (Å²) in [5, 5.41) is 7.45. The van der Waals surface area contributed by atoms with Gasteiger partial charge in [0.2, 0.25) is 5.91 Å². The average molecular weight is 304 g/mol. The maximum absolute atomic E-state index is 11.6. The van der Waals surface area contributed by atoms with Gasteiger partial charge < -0.3 is 16.4 Å². The van der Waals surface area contributed by atoms with Crippen molar-refractivity contribution in [2.24, 2.45) is 5.73 Å². The summed E-state index contributed by atoms with van der Waals surface area (Å²) in [6.45, 7) is 1.09. The van der Waals surface area contributed by atoms with Gasteiger partial charge in [0.15, 0.2) is 0 Å². The third-order valence-corrected chi connectivity index (χ3v) is 3.78. The van der Waals surface area contributed by atoms with Crippen LogP contribution in [0.5, 0.6) is 0 Å². The van der Waals surface area contributed by atoms with Gasteiger partial charge in [-0.2, -0.15) is 0 Å². The molecular formula is C12H18ClN3O2S. The fourth-order valence-electron chi connectivity index (χ4n) is 1.52. The zero-order valence-electron chi connectivity index (χ0n) is 10.5. The van der Waals surface area contributed by atoms with Gasteiger partial charge in [-0.05, 0) is 30.7 Å². The second kappa shape index (κ2) is 6.88. The summed E-state index contributed by atoms with van der Waals surface area (Å²) in [6, 6.07) is 3.63. The van der Waals surface area contributed by atoms with E-state index in [4.69, 9.17) is 5.73 Å². The Morgan fingerprint density at radius 3 is 2.58 bits per heavy atom. The largest absolute Gasteiger partial charge is 0.354 e. The number of hydrogen-bond acceptors (Lipinski definition) is 4. The summed E-state index contributed by atoms with van der Waals surface area (Å²) >= 11 is 1.41. The van der Waals surface area contributed by atoms with E-state index in [9.17, 15) is 9.59 Å². The van der Waals surface area contributed by atoms with Crippen LogP contribution in [-0.2, 0) is 4.79 Å². The first-order valence-electron chi connectivity index (χ1n) is 6.01. The number of amides is 2. The first-order chi connectivity index (χ1) is 8.62. The monoisotopic (exact) mass is 303 g/mol. The van der Waals surface area contributed by atoms with Crippen LogP contribution in [0.2, 0.25) is 0 Å². The maximum atomic E-state index is 11.6. The standard InChI is InChI=1S/C12H17N3O2S.ClH/c13-12(4-5-12)11(17)15-7-2-6-14-10(16)9-3-1-8-18-9;/h1,3,8H,2,4-7,13H2,(H,14,16)(H,15,17);1H. The van der Waals surface area contributed by atoms with Crippen molar-refractivity contribution in [3.8, 4) is 0 Å². The molecule has 1 saturated carbocycles. The van der Waals surface area contributed by atoms with Gasteiger partial charge in [-0.1, -0.05) is 6.07 Å². The van der Waals surface area contributed by atoms with Crippen LogP contribution >= 0.6 is 23.7 Å². The van der Waals surface area contributed by atoms with Crippen molar-refractivity contribution < 1.29 is 9.59 Å². The first kappa shape index (κ1) is 15.9. The minimum absolute atomic E-state index is 0. The number of carbonyl (C=O) groups is 2. The fourth-order valence-corrected chi connectivity index (χ4v) is 2.16. The van der Waals surface area contributed by atoms with Crippen molar-refractivity contribution in [1.29, 1.82) is 0 Å². The van der Waals surface area contributed by atoms with E-state index < -0.39 is 5.54 Å². The summed E-state index contributed by atoms with van der Waals surface area (Å²) in [4.78, 5) is 23.8. The van der Waals surface area contributed by atoms with Gasteiger partial charge in [-0.25, -0.2) is 0 Å². The number of hydrogen-bond donors (Lipinski definition) is 3. The van der Waals surface area contributed by atoms with E-state index in [1.165, 1.54) is 11.3 Å². The van der Waals surface area contributed by atoms with Gasteiger partial charge >= 0.3 is 0 Å². The highest BCUT2D eigenvalue weighted by molar-refractivity contribution is 7.12. The van der Waals surface area contributed by atoms with E-state index in [0.717, 1.165) is 12.8 Å². The van der Waals surface area contributed by atoms with Crippen LogP contribution < -0.4 is 16.4 Å². The zero-order chi connectivity index (χ0) is 13.0.